The van der Waals surface area contributed by atoms with E-state index in [1.165, 1.54) is 12.1 Å². The molecule has 0 saturated heterocycles. The molecule has 0 unspecified atom stereocenters. The third-order valence-corrected chi connectivity index (χ3v) is 3.18. The molecule has 0 aromatic carbocycles. The zero-order valence-electron chi connectivity index (χ0n) is 10.6. The molecule has 0 bridgehead atoms. The summed E-state index contributed by atoms with van der Waals surface area (Å²) in [5, 5.41) is 2.61. The summed E-state index contributed by atoms with van der Waals surface area (Å²) in [6.07, 6.45) is 1.56. The Morgan fingerprint density at radius 1 is 1.45 bits per heavy atom. The van der Waals surface area contributed by atoms with Crippen molar-refractivity contribution in [2.45, 2.75) is 18.4 Å². The van der Waals surface area contributed by atoms with Crippen LogP contribution in [0, 0.1) is 6.92 Å². The first-order valence-electron chi connectivity index (χ1n) is 5.77. The number of pyridine rings is 1. The molecule has 0 aliphatic heterocycles. The van der Waals surface area contributed by atoms with Crippen LogP contribution in [0.15, 0.2) is 34.9 Å². The zero-order chi connectivity index (χ0) is 14.5. The van der Waals surface area contributed by atoms with Gasteiger partial charge in [-0.2, -0.15) is 8.78 Å². The van der Waals surface area contributed by atoms with E-state index >= 15 is 0 Å². The minimum Gasteiger partial charge on any atom is -0.455 e. The van der Waals surface area contributed by atoms with Crippen LogP contribution in [0.5, 0.6) is 0 Å². The first-order valence-corrected chi connectivity index (χ1v) is 6.82. The lowest BCUT2D eigenvalue weighted by Gasteiger charge is -2.04. The average molecular weight is 298 g/mol. The number of nitrogens with one attached hydrogen (secondary N) is 1. The second-order valence-electron chi connectivity index (χ2n) is 3.96. The molecule has 0 aliphatic rings. The van der Waals surface area contributed by atoms with Gasteiger partial charge in [-0.15, -0.1) is 0 Å². The normalized spacial score (nSPS) is 10.8. The van der Waals surface area contributed by atoms with E-state index in [9.17, 15) is 13.6 Å². The molecule has 0 spiro atoms. The number of amides is 1. The predicted molar refractivity (Wildman–Crippen MR) is 72.9 cm³/mol. The van der Waals surface area contributed by atoms with Crippen LogP contribution >= 0.6 is 11.8 Å². The van der Waals surface area contributed by atoms with E-state index < -0.39 is 11.7 Å². The maximum atomic E-state index is 12.1. The highest BCUT2D eigenvalue weighted by molar-refractivity contribution is 7.98. The summed E-state index contributed by atoms with van der Waals surface area (Å²) in [6.45, 7) is 1.81. The molecule has 7 heteroatoms. The number of carbonyl (C=O) groups is 1. The van der Waals surface area contributed by atoms with Gasteiger partial charge >= 0.3 is 0 Å². The van der Waals surface area contributed by atoms with Crippen molar-refractivity contribution in [1.29, 1.82) is 0 Å². The molecule has 2 heterocycles. The lowest BCUT2D eigenvalue weighted by molar-refractivity contribution is 0.0995. The molecule has 106 valence electrons. The third-order valence-electron chi connectivity index (χ3n) is 2.48. The summed E-state index contributed by atoms with van der Waals surface area (Å²) in [5.74, 6) is -2.06. The standard InChI is InChI=1S/C13H12F2N2O2S/c1-8-3-2-6-16-11(8)17-12(18)10-5-4-9(19-10)7-20-13(14)15/h2-6,13H,7H2,1H3,(H,16,17,18). The molecule has 0 radical (unpaired) electrons. The molecule has 20 heavy (non-hydrogen) atoms. The molecule has 0 aliphatic carbocycles. The van der Waals surface area contributed by atoms with Crippen LogP contribution in [0.1, 0.15) is 21.9 Å². The Bertz CT molecular complexity index is 602. The summed E-state index contributed by atoms with van der Waals surface area (Å²) in [5.41, 5.74) is 0.820. The monoisotopic (exact) mass is 298 g/mol. The van der Waals surface area contributed by atoms with Crippen molar-refractivity contribution >= 4 is 23.5 Å². The Balaban J connectivity index is 2.01. The molecule has 2 aromatic heterocycles. The highest BCUT2D eigenvalue weighted by Gasteiger charge is 2.14. The number of anilines is 1. The summed E-state index contributed by atoms with van der Waals surface area (Å²) >= 11 is 0.445. The van der Waals surface area contributed by atoms with Crippen molar-refractivity contribution < 1.29 is 18.0 Å². The van der Waals surface area contributed by atoms with Crippen molar-refractivity contribution in [1.82, 2.24) is 4.98 Å². The lowest BCUT2D eigenvalue weighted by Crippen LogP contribution is -2.12. The summed E-state index contributed by atoms with van der Waals surface area (Å²) in [6, 6.07) is 6.54. The number of carbonyl (C=O) groups excluding carboxylic acids is 1. The number of hydrogen-bond acceptors (Lipinski definition) is 4. The van der Waals surface area contributed by atoms with Gasteiger partial charge in [0.1, 0.15) is 11.6 Å². The minimum atomic E-state index is -2.46. The summed E-state index contributed by atoms with van der Waals surface area (Å²) < 4.78 is 29.3. The fourth-order valence-electron chi connectivity index (χ4n) is 1.51. The molecule has 2 aromatic rings. The highest BCUT2D eigenvalue weighted by atomic mass is 32.2. The van der Waals surface area contributed by atoms with Gasteiger partial charge in [-0.05, 0) is 30.7 Å². The minimum absolute atomic E-state index is 0.0214. The quantitative estimate of drug-likeness (QED) is 0.914. The Kier molecular flexibility index (Phi) is 4.73. The first kappa shape index (κ1) is 14.5. The average Bonchev–Trinajstić information content (AvgIpc) is 2.88. The highest BCUT2D eigenvalue weighted by Crippen LogP contribution is 2.21. The van der Waals surface area contributed by atoms with Crippen LogP contribution in [-0.2, 0) is 5.75 Å². The van der Waals surface area contributed by atoms with E-state index in [-0.39, 0.29) is 11.5 Å². The smallest absolute Gasteiger partial charge is 0.292 e. The van der Waals surface area contributed by atoms with Crippen molar-refractivity contribution in [3.8, 4) is 0 Å². The molecular formula is C13H12F2N2O2S. The van der Waals surface area contributed by atoms with Gasteiger partial charge in [-0.1, -0.05) is 17.8 Å². The predicted octanol–water partition coefficient (Wildman–Crippen LogP) is 3.69. The van der Waals surface area contributed by atoms with Gasteiger partial charge in [0.05, 0.1) is 5.75 Å². The third kappa shape index (κ3) is 3.80. The van der Waals surface area contributed by atoms with Gasteiger partial charge in [0, 0.05) is 6.20 Å². The van der Waals surface area contributed by atoms with E-state index in [2.05, 4.69) is 10.3 Å². The number of alkyl halides is 2. The summed E-state index contributed by atoms with van der Waals surface area (Å²) in [4.78, 5) is 16.0. The van der Waals surface area contributed by atoms with E-state index in [4.69, 9.17) is 4.42 Å². The number of aromatic nitrogens is 1. The topological polar surface area (TPSA) is 55.1 Å². The maximum absolute atomic E-state index is 12.1. The van der Waals surface area contributed by atoms with Gasteiger partial charge in [0.15, 0.2) is 5.76 Å². The molecule has 1 N–H and O–H groups in total. The Morgan fingerprint density at radius 3 is 2.95 bits per heavy atom. The number of hydrogen-bond donors (Lipinski definition) is 1. The number of furan rings is 1. The number of halogens is 2. The number of thioether (sulfide) groups is 1. The largest absolute Gasteiger partial charge is 0.455 e. The van der Waals surface area contributed by atoms with Crippen LogP contribution in [0.2, 0.25) is 0 Å². The van der Waals surface area contributed by atoms with Gasteiger partial charge < -0.3 is 9.73 Å². The molecule has 0 atom stereocenters. The van der Waals surface area contributed by atoms with Crippen LogP contribution < -0.4 is 5.32 Å². The van der Waals surface area contributed by atoms with Crippen LogP contribution in [0.4, 0.5) is 14.6 Å². The van der Waals surface area contributed by atoms with Gasteiger partial charge in [-0.3, -0.25) is 4.79 Å². The van der Waals surface area contributed by atoms with Crippen LogP contribution in [0.25, 0.3) is 0 Å². The van der Waals surface area contributed by atoms with Gasteiger partial charge in [0.25, 0.3) is 11.7 Å². The fourth-order valence-corrected chi connectivity index (χ4v) is 1.95. The van der Waals surface area contributed by atoms with Crippen molar-refractivity contribution in [3.63, 3.8) is 0 Å². The molecule has 0 saturated carbocycles. The second-order valence-corrected chi connectivity index (χ2v) is 4.94. The van der Waals surface area contributed by atoms with Crippen molar-refractivity contribution in [2.24, 2.45) is 0 Å². The molecule has 1 amide bonds. The number of aryl methyl sites for hydroxylation is 1. The van der Waals surface area contributed by atoms with Crippen molar-refractivity contribution in [3.05, 3.63) is 47.5 Å². The SMILES string of the molecule is Cc1cccnc1NC(=O)c1ccc(CSC(F)F)o1. The Morgan fingerprint density at radius 2 is 2.25 bits per heavy atom. The Labute approximate surface area is 118 Å². The Hall–Kier alpha value is -1.89. The molecule has 4 nitrogen and oxygen atoms in total. The number of rotatable bonds is 5. The number of nitrogens with zero attached hydrogens (tertiary/aromatic N) is 1. The van der Waals surface area contributed by atoms with E-state index in [1.54, 1.807) is 12.3 Å². The lowest BCUT2D eigenvalue weighted by atomic mass is 10.3. The van der Waals surface area contributed by atoms with Crippen LogP contribution in [0.3, 0.4) is 0 Å². The summed E-state index contributed by atoms with van der Waals surface area (Å²) in [7, 11) is 0. The zero-order valence-corrected chi connectivity index (χ0v) is 11.4. The van der Waals surface area contributed by atoms with Gasteiger partial charge in [0.2, 0.25) is 0 Å². The first-order chi connectivity index (χ1) is 9.56. The van der Waals surface area contributed by atoms with E-state index in [0.29, 0.717) is 23.3 Å². The maximum Gasteiger partial charge on any atom is 0.292 e. The van der Waals surface area contributed by atoms with E-state index in [0.717, 1.165) is 5.56 Å². The van der Waals surface area contributed by atoms with E-state index in [1.807, 2.05) is 13.0 Å². The second kappa shape index (κ2) is 6.51. The molecule has 0 fully saturated rings. The van der Waals surface area contributed by atoms with Gasteiger partial charge in [-0.25, -0.2) is 4.98 Å². The fraction of sp³-hybridized carbons (Fsp3) is 0.231. The van der Waals surface area contributed by atoms with Crippen molar-refractivity contribution in [2.75, 3.05) is 5.32 Å². The molecule has 2 rings (SSSR count). The van der Waals surface area contributed by atoms with Crippen LogP contribution in [-0.4, -0.2) is 16.6 Å². The molecular weight excluding hydrogens is 286 g/mol.